The Morgan fingerprint density at radius 3 is 2.46 bits per heavy atom. The van der Waals surface area contributed by atoms with Crippen molar-refractivity contribution in [3.05, 3.63) is 65.5 Å². The molecule has 0 aliphatic carbocycles. The molecule has 146 valence electrons. The summed E-state index contributed by atoms with van der Waals surface area (Å²) in [4.78, 5) is 12.7. The predicted octanol–water partition coefficient (Wildman–Crippen LogP) is 3.48. The van der Waals surface area contributed by atoms with E-state index in [2.05, 4.69) is 29.5 Å². The molecule has 2 N–H and O–H groups in total. The summed E-state index contributed by atoms with van der Waals surface area (Å²) < 4.78 is 1.77. The van der Waals surface area contributed by atoms with Crippen LogP contribution in [0.5, 0.6) is 0 Å². The Morgan fingerprint density at radius 2 is 1.82 bits per heavy atom. The number of hydrogen-bond donors (Lipinski definition) is 2. The second kappa shape index (κ2) is 8.35. The van der Waals surface area contributed by atoms with Gasteiger partial charge in [0.15, 0.2) is 0 Å². The molecule has 3 aromatic rings. The number of rotatable bonds is 6. The third-order valence-electron chi connectivity index (χ3n) is 4.63. The maximum absolute atomic E-state index is 12.7. The number of aryl methyl sites for hydroxylation is 1. The van der Waals surface area contributed by atoms with E-state index in [1.54, 1.807) is 23.9 Å². The number of carbonyl (C=O) groups is 1. The lowest BCUT2D eigenvalue weighted by molar-refractivity contribution is 0.0922. The minimum absolute atomic E-state index is 0.114. The van der Waals surface area contributed by atoms with E-state index < -0.39 is 0 Å². The Bertz CT molecular complexity index is 961. The number of benzene rings is 2. The van der Waals surface area contributed by atoms with Crippen molar-refractivity contribution in [2.24, 2.45) is 0 Å². The molecule has 0 radical (unpaired) electrons. The molecule has 0 fully saturated rings. The smallest absolute Gasteiger partial charge is 0.251 e. The zero-order valence-corrected chi connectivity index (χ0v) is 16.7. The highest BCUT2D eigenvalue weighted by Crippen LogP contribution is 2.26. The molecule has 3 rings (SSSR count). The van der Waals surface area contributed by atoms with Gasteiger partial charge >= 0.3 is 0 Å². The Morgan fingerprint density at radius 1 is 1.11 bits per heavy atom. The lowest BCUT2D eigenvalue weighted by atomic mass is 10.00. The molecule has 0 bridgehead atoms. The van der Waals surface area contributed by atoms with Crippen molar-refractivity contribution < 1.29 is 9.90 Å². The van der Waals surface area contributed by atoms with Crippen molar-refractivity contribution in [1.29, 1.82) is 0 Å². The average Bonchev–Trinajstić information content (AvgIpc) is 3.18. The van der Waals surface area contributed by atoms with E-state index in [1.165, 1.54) is 5.56 Å². The molecule has 0 aliphatic rings. The molecule has 1 amide bonds. The lowest BCUT2D eigenvalue weighted by Crippen LogP contribution is -2.35. The molecule has 1 aromatic heterocycles. The van der Waals surface area contributed by atoms with Gasteiger partial charge in [0.25, 0.3) is 5.91 Å². The van der Waals surface area contributed by atoms with Crippen LogP contribution in [0.15, 0.2) is 48.7 Å². The second-order valence-electron chi connectivity index (χ2n) is 7.42. The summed E-state index contributed by atoms with van der Waals surface area (Å²) in [7, 11) is 0. The molecular formula is C22H26N4O2. The van der Waals surface area contributed by atoms with E-state index in [0.29, 0.717) is 5.56 Å². The van der Waals surface area contributed by atoms with Crippen LogP contribution in [-0.2, 0) is 0 Å². The summed E-state index contributed by atoms with van der Waals surface area (Å²) in [6.45, 7) is 7.85. The maximum atomic E-state index is 12.7. The molecule has 0 unspecified atom stereocenters. The fraction of sp³-hybridized carbons (Fsp3) is 0.318. The Labute approximate surface area is 165 Å². The second-order valence-corrected chi connectivity index (χ2v) is 7.42. The van der Waals surface area contributed by atoms with Gasteiger partial charge in [-0.25, -0.2) is 4.68 Å². The fourth-order valence-electron chi connectivity index (χ4n) is 2.97. The molecule has 0 saturated heterocycles. The largest absolute Gasteiger partial charge is 0.394 e. The molecule has 0 saturated carbocycles. The SMILES string of the molecule is Cc1ccc(-c2cc(C(=O)N[C@@H](C)CO)cc(-n3nncc3C(C)C)c2)cc1. The van der Waals surface area contributed by atoms with E-state index in [9.17, 15) is 9.90 Å². The molecule has 6 nitrogen and oxygen atoms in total. The highest BCUT2D eigenvalue weighted by Gasteiger charge is 2.16. The zero-order chi connectivity index (χ0) is 20.3. The topological polar surface area (TPSA) is 80.0 Å². The van der Waals surface area contributed by atoms with Gasteiger partial charge in [-0.15, -0.1) is 5.10 Å². The van der Waals surface area contributed by atoms with Crippen molar-refractivity contribution in [3.8, 4) is 16.8 Å². The van der Waals surface area contributed by atoms with Crippen LogP contribution in [-0.4, -0.2) is 38.7 Å². The van der Waals surface area contributed by atoms with Gasteiger partial charge in [-0.1, -0.05) is 48.9 Å². The molecule has 6 heteroatoms. The minimum atomic E-state index is -0.323. The van der Waals surface area contributed by atoms with Crippen molar-refractivity contribution in [2.45, 2.75) is 39.7 Å². The highest BCUT2D eigenvalue weighted by molar-refractivity contribution is 5.96. The number of aliphatic hydroxyl groups excluding tert-OH is 1. The predicted molar refractivity (Wildman–Crippen MR) is 110 cm³/mol. The van der Waals surface area contributed by atoms with Gasteiger partial charge in [0, 0.05) is 11.6 Å². The van der Waals surface area contributed by atoms with Gasteiger partial charge in [-0.2, -0.15) is 0 Å². The third kappa shape index (κ3) is 4.28. The van der Waals surface area contributed by atoms with Crippen LogP contribution >= 0.6 is 0 Å². The van der Waals surface area contributed by atoms with Crippen molar-refractivity contribution >= 4 is 5.91 Å². The van der Waals surface area contributed by atoms with Crippen molar-refractivity contribution in [3.63, 3.8) is 0 Å². The third-order valence-corrected chi connectivity index (χ3v) is 4.63. The van der Waals surface area contributed by atoms with Crippen LogP contribution in [0.3, 0.4) is 0 Å². The molecular weight excluding hydrogens is 352 g/mol. The van der Waals surface area contributed by atoms with Crippen LogP contribution in [0.25, 0.3) is 16.8 Å². The molecule has 1 heterocycles. The first-order valence-electron chi connectivity index (χ1n) is 9.44. The molecule has 2 aromatic carbocycles. The van der Waals surface area contributed by atoms with Crippen molar-refractivity contribution in [2.75, 3.05) is 6.61 Å². The van der Waals surface area contributed by atoms with E-state index >= 15 is 0 Å². The van der Waals surface area contributed by atoms with Gasteiger partial charge in [0.1, 0.15) is 0 Å². The summed E-state index contributed by atoms with van der Waals surface area (Å²) in [6.07, 6.45) is 1.75. The summed E-state index contributed by atoms with van der Waals surface area (Å²) >= 11 is 0. The van der Waals surface area contributed by atoms with Crippen LogP contribution in [0.1, 0.15) is 48.3 Å². The van der Waals surface area contributed by atoms with E-state index in [4.69, 9.17) is 0 Å². The first kappa shape index (κ1) is 19.8. The lowest BCUT2D eigenvalue weighted by Gasteiger charge is -2.15. The maximum Gasteiger partial charge on any atom is 0.251 e. The highest BCUT2D eigenvalue weighted by atomic mass is 16.3. The number of amides is 1. The van der Waals surface area contributed by atoms with E-state index in [0.717, 1.165) is 22.5 Å². The Kier molecular flexibility index (Phi) is 5.90. The van der Waals surface area contributed by atoms with Gasteiger partial charge in [0.05, 0.1) is 24.2 Å². The van der Waals surface area contributed by atoms with Crippen LogP contribution < -0.4 is 5.32 Å². The average molecular weight is 378 g/mol. The number of nitrogens with zero attached hydrogens (tertiary/aromatic N) is 3. The molecule has 28 heavy (non-hydrogen) atoms. The number of aliphatic hydroxyl groups is 1. The monoisotopic (exact) mass is 378 g/mol. The summed E-state index contributed by atoms with van der Waals surface area (Å²) in [6, 6.07) is 13.5. The summed E-state index contributed by atoms with van der Waals surface area (Å²) in [5.74, 6) is 0.00712. The number of hydrogen-bond acceptors (Lipinski definition) is 4. The van der Waals surface area contributed by atoms with Gasteiger partial charge < -0.3 is 10.4 Å². The minimum Gasteiger partial charge on any atom is -0.394 e. The van der Waals surface area contributed by atoms with Gasteiger partial charge in [-0.3, -0.25) is 4.79 Å². The summed E-state index contributed by atoms with van der Waals surface area (Å²) in [5, 5.41) is 20.3. The first-order chi connectivity index (χ1) is 13.4. The first-order valence-corrected chi connectivity index (χ1v) is 9.44. The zero-order valence-electron chi connectivity index (χ0n) is 16.7. The van der Waals surface area contributed by atoms with Crippen molar-refractivity contribution in [1.82, 2.24) is 20.3 Å². The molecule has 1 atom stereocenters. The summed E-state index contributed by atoms with van der Waals surface area (Å²) in [5.41, 5.74) is 5.37. The van der Waals surface area contributed by atoms with E-state index in [-0.39, 0.29) is 24.5 Å². The van der Waals surface area contributed by atoms with Crippen LogP contribution in [0.4, 0.5) is 0 Å². The van der Waals surface area contributed by atoms with E-state index in [1.807, 2.05) is 43.3 Å². The molecule has 0 spiro atoms. The van der Waals surface area contributed by atoms with Gasteiger partial charge in [-0.05, 0) is 49.1 Å². The quantitative estimate of drug-likeness (QED) is 0.688. The van der Waals surface area contributed by atoms with Gasteiger partial charge in [0.2, 0.25) is 0 Å². The normalized spacial score (nSPS) is 12.2. The fourth-order valence-corrected chi connectivity index (χ4v) is 2.97. The number of aromatic nitrogens is 3. The number of nitrogens with one attached hydrogen (secondary N) is 1. The Hall–Kier alpha value is -2.99. The van der Waals surface area contributed by atoms with Crippen LogP contribution in [0.2, 0.25) is 0 Å². The molecule has 0 aliphatic heterocycles. The number of carbonyl (C=O) groups excluding carboxylic acids is 1. The van der Waals surface area contributed by atoms with Crippen LogP contribution in [0, 0.1) is 6.92 Å². The standard InChI is InChI=1S/C22H26N4O2/c1-14(2)21-12-23-25-26(21)20-10-18(17-7-5-15(3)6-8-17)9-19(11-20)22(28)24-16(4)13-27/h5-12,14,16,27H,13H2,1-4H3,(H,24,28)/t16-/m0/s1. The Balaban J connectivity index is 2.12.